The lowest BCUT2D eigenvalue weighted by Crippen LogP contribution is -2.38. The van der Waals surface area contributed by atoms with Crippen LogP contribution in [0.2, 0.25) is 0 Å². The van der Waals surface area contributed by atoms with Crippen molar-refractivity contribution in [3.8, 4) is 6.07 Å². The van der Waals surface area contributed by atoms with Crippen LogP contribution in [0.5, 0.6) is 0 Å². The first-order valence-electron chi connectivity index (χ1n) is 7.19. The number of anilines is 1. The van der Waals surface area contributed by atoms with Gasteiger partial charge in [-0.25, -0.2) is 4.98 Å². The molecule has 1 fully saturated rings. The van der Waals surface area contributed by atoms with E-state index in [2.05, 4.69) is 17.2 Å². The molecule has 0 saturated carbocycles. The van der Waals surface area contributed by atoms with Crippen LogP contribution in [0, 0.1) is 24.2 Å². The Labute approximate surface area is 125 Å². The molecule has 0 atom stereocenters. The van der Waals surface area contributed by atoms with E-state index in [1.54, 1.807) is 11.1 Å². The predicted molar refractivity (Wildman–Crippen MR) is 81.3 cm³/mol. The zero-order valence-corrected chi connectivity index (χ0v) is 12.5. The van der Waals surface area contributed by atoms with Crippen molar-refractivity contribution in [3.63, 3.8) is 0 Å². The third-order valence-corrected chi connectivity index (χ3v) is 3.78. The molecular weight excluding hydrogens is 264 g/mol. The molecule has 0 aliphatic carbocycles. The van der Waals surface area contributed by atoms with Gasteiger partial charge in [0.2, 0.25) is 0 Å². The number of rotatable bonds is 3. The number of hydrogen-bond acceptors (Lipinski definition) is 4. The number of nitriles is 1. The lowest BCUT2D eigenvalue weighted by atomic mass is 9.99. The summed E-state index contributed by atoms with van der Waals surface area (Å²) in [7, 11) is 0. The highest BCUT2D eigenvalue weighted by Crippen LogP contribution is 2.18. The second-order valence-electron chi connectivity index (χ2n) is 5.46. The topological polar surface area (TPSA) is 69.0 Å². The van der Waals surface area contributed by atoms with Crippen molar-refractivity contribution < 1.29 is 4.79 Å². The van der Waals surface area contributed by atoms with Crippen molar-refractivity contribution in [1.82, 2.24) is 9.88 Å². The highest BCUT2D eigenvalue weighted by molar-refractivity contribution is 5.97. The maximum atomic E-state index is 12.3. The van der Waals surface area contributed by atoms with Crippen LogP contribution in [0.25, 0.3) is 0 Å². The molecule has 1 N–H and O–H groups in total. The molecule has 1 saturated heterocycles. The molecule has 1 amide bonds. The number of aryl methyl sites for hydroxylation is 1. The first-order chi connectivity index (χ1) is 10.1. The molecule has 110 valence electrons. The van der Waals surface area contributed by atoms with E-state index in [-0.39, 0.29) is 11.5 Å². The number of nitrogens with one attached hydrogen (secondary N) is 1. The molecule has 0 bridgehead atoms. The standard InChI is InChI=1S/C16H20N4O/c1-12-5-8-20(9-6-12)16(21)14(10-17)11-19-15-13(2)4-3-7-18-15/h3-4,7,11-12H,5-6,8-9H2,1-2H3,(H,18,19)/b14-11-. The van der Waals surface area contributed by atoms with Crippen molar-refractivity contribution in [2.75, 3.05) is 18.4 Å². The zero-order valence-electron chi connectivity index (χ0n) is 12.5. The monoisotopic (exact) mass is 284 g/mol. The summed E-state index contributed by atoms with van der Waals surface area (Å²) < 4.78 is 0. The average molecular weight is 284 g/mol. The van der Waals surface area contributed by atoms with E-state index in [9.17, 15) is 10.1 Å². The van der Waals surface area contributed by atoms with Gasteiger partial charge in [-0.2, -0.15) is 5.26 Å². The summed E-state index contributed by atoms with van der Waals surface area (Å²) in [5.74, 6) is 1.11. The normalized spacial score (nSPS) is 16.4. The Morgan fingerprint density at radius 2 is 2.24 bits per heavy atom. The summed E-state index contributed by atoms with van der Waals surface area (Å²) in [5, 5.41) is 12.1. The Morgan fingerprint density at radius 3 is 2.86 bits per heavy atom. The second kappa shape index (κ2) is 6.89. The maximum absolute atomic E-state index is 12.3. The zero-order chi connectivity index (χ0) is 15.2. The molecule has 5 heteroatoms. The van der Waals surface area contributed by atoms with Gasteiger partial charge in [-0.05, 0) is 37.3 Å². The summed E-state index contributed by atoms with van der Waals surface area (Å²) in [6, 6.07) is 5.74. The number of amides is 1. The van der Waals surface area contributed by atoms with Crippen molar-refractivity contribution in [1.29, 1.82) is 5.26 Å². The highest BCUT2D eigenvalue weighted by atomic mass is 16.2. The Kier molecular flexibility index (Phi) is 4.94. The van der Waals surface area contributed by atoms with Crippen LogP contribution >= 0.6 is 0 Å². The van der Waals surface area contributed by atoms with Gasteiger partial charge in [0.25, 0.3) is 5.91 Å². The van der Waals surface area contributed by atoms with Crippen LogP contribution < -0.4 is 5.32 Å². The number of carbonyl (C=O) groups excluding carboxylic acids is 1. The molecule has 21 heavy (non-hydrogen) atoms. The first kappa shape index (κ1) is 15.0. The van der Waals surface area contributed by atoms with Gasteiger partial charge >= 0.3 is 0 Å². The van der Waals surface area contributed by atoms with Crippen molar-refractivity contribution in [2.45, 2.75) is 26.7 Å². The van der Waals surface area contributed by atoms with Crippen LogP contribution in [-0.4, -0.2) is 28.9 Å². The first-order valence-corrected chi connectivity index (χ1v) is 7.19. The number of carbonyl (C=O) groups is 1. The van der Waals surface area contributed by atoms with E-state index in [1.165, 1.54) is 6.20 Å². The van der Waals surface area contributed by atoms with Crippen LogP contribution in [0.3, 0.4) is 0 Å². The maximum Gasteiger partial charge on any atom is 0.266 e. The fraction of sp³-hybridized carbons (Fsp3) is 0.438. The van der Waals surface area contributed by atoms with Gasteiger partial charge in [0.05, 0.1) is 0 Å². The summed E-state index contributed by atoms with van der Waals surface area (Å²) in [6.45, 7) is 5.56. The lowest BCUT2D eigenvalue weighted by Gasteiger charge is -2.30. The summed E-state index contributed by atoms with van der Waals surface area (Å²) in [6.07, 6.45) is 5.12. The minimum atomic E-state index is -0.203. The minimum absolute atomic E-state index is 0.120. The fourth-order valence-corrected chi connectivity index (χ4v) is 2.30. The molecule has 1 aliphatic rings. The summed E-state index contributed by atoms with van der Waals surface area (Å²) >= 11 is 0. The van der Waals surface area contributed by atoms with E-state index in [4.69, 9.17) is 0 Å². The van der Waals surface area contributed by atoms with Crippen LogP contribution in [0.4, 0.5) is 5.82 Å². The number of hydrogen-bond donors (Lipinski definition) is 1. The third-order valence-electron chi connectivity index (χ3n) is 3.78. The van der Waals surface area contributed by atoms with Crippen molar-refractivity contribution in [2.24, 2.45) is 5.92 Å². The van der Waals surface area contributed by atoms with Gasteiger partial charge in [0, 0.05) is 25.5 Å². The van der Waals surface area contributed by atoms with E-state index in [1.807, 2.05) is 25.1 Å². The lowest BCUT2D eigenvalue weighted by molar-refractivity contribution is -0.128. The molecule has 0 aromatic carbocycles. The summed E-state index contributed by atoms with van der Waals surface area (Å²) in [4.78, 5) is 18.2. The van der Waals surface area contributed by atoms with Crippen LogP contribution in [0.15, 0.2) is 30.1 Å². The fourth-order valence-electron chi connectivity index (χ4n) is 2.30. The Morgan fingerprint density at radius 1 is 1.52 bits per heavy atom. The SMILES string of the molecule is Cc1cccnc1N/C=C(/C#N)C(=O)N1CCC(C)CC1. The number of likely N-dealkylation sites (tertiary alicyclic amines) is 1. The van der Waals surface area contributed by atoms with Gasteiger partial charge in [-0.3, -0.25) is 4.79 Å². The molecule has 0 radical (unpaired) electrons. The van der Waals surface area contributed by atoms with Gasteiger partial charge in [0.15, 0.2) is 0 Å². The van der Waals surface area contributed by atoms with Crippen LogP contribution in [-0.2, 0) is 4.79 Å². The Bertz CT molecular complexity index is 580. The smallest absolute Gasteiger partial charge is 0.266 e. The quantitative estimate of drug-likeness (QED) is 0.684. The Balaban J connectivity index is 2.05. The molecule has 1 aromatic heterocycles. The Hall–Kier alpha value is -2.35. The number of aromatic nitrogens is 1. The molecular formula is C16H20N4O. The van der Waals surface area contributed by atoms with Crippen molar-refractivity contribution >= 4 is 11.7 Å². The number of nitrogens with zero attached hydrogens (tertiary/aromatic N) is 3. The molecule has 0 spiro atoms. The van der Waals surface area contributed by atoms with Gasteiger partial charge in [-0.1, -0.05) is 13.0 Å². The molecule has 5 nitrogen and oxygen atoms in total. The molecule has 2 heterocycles. The average Bonchev–Trinajstić information content (AvgIpc) is 2.50. The van der Waals surface area contributed by atoms with E-state index < -0.39 is 0 Å². The van der Waals surface area contributed by atoms with E-state index in [0.29, 0.717) is 11.7 Å². The van der Waals surface area contributed by atoms with Gasteiger partial charge in [-0.15, -0.1) is 0 Å². The molecule has 2 rings (SSSR count). The number of pyridine rings is 1. The third kappa shape index (κ3) is 3.82. The predicted octanol–water partition coefficient (Wildman–Crippen LogP) is 2.47. The van der Waals surface area contributed by atoms with E-state index in [0.717, 1.165) is 31.5 Å². The van der Waals surface area contributed by atoms with Gasteiger partial charge < -0.3 is 10.2 Å². The molecule has 0 unspecified atom stereocenters. The molecule has 1 aromatic rings. The summed E-state index contributed by atoms with van der Waals surface area (Å²) in [5.41, 5.74) is 1.08. The number of piperidine rings is 1. The van der Waals surface area contributed by atoms with Gasteiger partial charge in [0.1, 0.15) is 17.5 Å². The van der Waals surface area contributed by atoms with Crippen LogP contribution in [0.1, 0.15) is 25.3 Å². The second-order valence-corrected chi connectivity index (χ2v) is 5.46. The highest BCUT2D eigenvalue weighted by Gasteiger charge is 2.22. The minimum Gasteiger partial charge on any atom is -0.345 e. The molecule has 1 aliphatic heterocycles. The van der Waals surface area contributed by atoms with Crippen molar-refractivity contribution in [3.05, 3.63) is 35.7 Å². The van der Waals surface area contributed by atoms with E-state index >= 15 is 0 Å². The largest absolute Gasteiger partial charge is 0.345 e.